The van der Waals surface area contributed by atoms with Crippen LogP contribution in [0.15, 0.2) is 12.1 Å². The van der Waals surface area contributed by atoms with Gasteiger partial charge < -0.3 is 19.6 Å². The Balaban J connectivity index is 2.96. The van der Waals surface area contributed by atoms with E-state index < -0.39 is 17.7 Å². The Labute approximate surface area is 125 Å². The van der Waals surface area contributed by atoms with Crippen LogP contribution in [0.3, 0.4) is 0 Å². The van der Waals surface area contributed by atoms with E-state index in [2.05, 4.69) is 5.32 Å². The first-order chi connectivity index (χ1) is 9.67. The highest BCUT2D eigenvalue weighted by Crippen LogP contribution is 2.26. The van der Waals surface area contributed by atoms with Gasteiger partial charge in [0.2, 0.25) is 0 Å². The summed E-state index contributed by atoms with van der Waals surface area (Å²) in [5, 5.41) is 2.56. The summed E-state index contributed by atoms with van der Waals surface area (Å²) in [6, 6.07) is 2.90. The molecule has 0 radical (unpaired) electrons. The fourth-order valence-electron chi connectivity index (χ4n) is 2.12. The highest BCUT2D eigenvalue weighted by atomic mass is 16.6. The molecule has 0 aliphatic carbocycles. The van der Waals surface area contributed by atoms with Crippen LogP contribution in [0.2, 0.25) is 0 Å². The van der Waals surface area contributed by atoms with Gasteiger partial charge in [0, 0.05) is 0 Å². The number of alkyl carbamates (subject to hydrolysis) is 1. The van der Waals surface area contributed by atoms with Crippen LogP contribution in [0.25, 0.3) is 0 Å². The van der Waals surface area contributed by atoms with Gasteiger partial charge in [-0.15, -0.1) is 0 Å². The summed E-state index contributed by atoms with van der Waals surface area (Å²) in [6.45, 7) is 9.09. The van der Waals surface area contributed by atoms with Gasteiger partial charge >= 0.3 is 6.09 Å². The van der Waals surface area contributed by atoms with Gasteiger partial charge in [-0.1, -0.05) is 0 Å². The van der Waals surface area contributed by atoms with E-state index in [1.54, 1.807) is 27.9 Å². The maximum Gasteiger partial charge on any atom is 0.408 e. The van der Waals surface area contributed by atoms with Crippen molar-refractivity contribution in [2.45, 2.75) is 46.3 Å². The normalized spacial score (nSPS) is 12.5. The fraction of sp³-hybridized carbons (Fsp3) is 0.500. The molecule has 0 saturated heterocycles. The lowest BCUT2D eigenvalue weighted by Crippen LogP contribution is -2.35. The quantitative estimate of drug-likeness (QED) is 0.866. The number of benzene rings is 1. The number of aldehydes is 1. The molecule has 0 heterocycles. The molecule has 0 bridgehead atoms. The summed E-state index contributed by atoms with van der Waals surface area (Å²) in [5.74, 6) is 0.778. The van der Waals surface area contributed by atoms with Gasteiger partial charge in [-0.25, -0.2) is 4.79 Å². The van der Waals surface area contributed by atoms with Crippen molar-refractivity contribution in [2.24, 2.45) is 0 Å². The number of ether oxygens (including phenoxy) is 2. The maximum absolute atomic E-state index is 11.8. The lowest BCUT2D eigenvalue weighted by molar-refractivity contribution is -0.109. The third kappa shape index (κ3) is 4.77. The molecule has 0 aromatic heterocycles. The SMILES string of the molecule is COc1c(C)cc(C(C=O)NC(=O)OC(C)(C)C)cc1C. The van der Waals surface area contributed by atoms with Crippen LogP contribution in [-0.2, 0) is 9.53 Å². The number of aryl methyl sites for hydroxylation is 2. The molecule has 1 rings (SSSR count). The Morgan fingerprint density at radius 3 is 2.14 bits per heavy atom. The molecule has 1 atom stereocenters. The van der Waals surface area contributed by atoms with E-state index in [-0.39, 0.29) is 0 Å². The molecular weight excluding hydrogens is 270 g/mol. The Kier molecular flexibility index (Phi) is 5.35. The van der Waals surface area contributed by atoms with Crippen molar-refractivity contribution >= 4 is 12.4 Å². The lowest BCUT2D eigenvalue weighted by atomic mass is 10.0. The van der Waals surface area contributed by atoms with Crippen molar-refractivity contribution in [3.63, 3.8) is 0 Å². The predicted octanol–water partition coefficient (Wildman–Crippen LogP) is 3.08. The topological polar surface area (TPSA) is 64.6 Å². The van der Waals surface area contributed by atoms with Crippen molar-refractivity contribution in [2.75, 3.05) is 7.11 Å². The summed E-state index contributed by atoms with van der Waals surface area (Å²) in [5.41, 5.74) is 1.91. The number of carbonyl (C=O) groups excluding carboxylic acids is 2. The van der Waals surface area contributed by atoms with Gasteiger partial charge in [0.1, 0.15) is 23.7 Å². The van der Waals surface area contributed by atoms with Crippen LogP contribution in [0.5, 0.6) is 5.75 Å². The Morgan fingerprint density at radius 2 is 1.76 bits per heavy atom. The van der Waals surface area contributed by atoms with Gasteiger partial charge in [0.15, 0.2) is 0 Å². The second-order valence-electron chi connectivity index (χ2n) is 5.95. The van der Waals surface area contributed by atoms with Crippen LogP contribution in [0.1, 0.15) is 43.5 Å². The van der Waals surface area contributed by atoms with Crippen molar-refractivity contribution in [3.8, 4) is 5.75 Å². The van der Waals surface area contributed by atoms with Gasteiger partial charge in [0.05, 0.1) is 7.11 Å². The number of hydrogen-bond donors (Lipinski definition) is 1. The number of nitrogens with one attached hydrogen (secondary N) is 1. The minimum Gasteiger partial charge on any atom is -0.496 e. The van der Waals surface area contributed by atoms with E-state index in [1.165, 1.54) is 0 Å². The van der Waals surface area contributed by atoms with E-state index in [1.807, 2.05) is 26.0 Å². The van der Waals surface area contributed by atoms with E-state index in [0.717, 1.165) is 16.9 Å². The number of hydrogen-bond acceptors (Lipinski definition) is 4. The zero-order valence-electron chi connectivity index (χ0n) is 13.4. The van der Waals surface area contributed by atoms with Crippen LogP contribution in [0, 0.1) is 13.8 Å². The maximum atomic E-state index is 11.8. The molecule has 1 aromatic rings. The van der Waals surface area contributed by atoms with E-state index in [4.69, 9.17) is 9.47 Å². The molecule has 5 nitrogen and oxygen atoms in total. The number of amides is 1. The molecule has 21 heavy (non-hydrogen) atoms. The minimum absolute atomic E-state index is 0.608. The van der Waals surface area contributed by atoms with Crippen LogP contribution >= 0.6 is 0 Å². The molecule has 5 heteroatoms. The number of rotatable bonds is 4. The average Bonchev–Trinajstić information content (AvgIpc) is 2.33. The van der Waals surface area contributed by atoms with Gasteiger partial charge in [-0.3, -0.25) is 0 Å². The second-order valence-corrected chi connectivity index (χ2v) is 5.95. The zero-order chi connectivity index (χ0) is 16.2. The molecule has 116 valence electrons. The van der Waals surface area contributed by atoms with Crippen molar-refractivity contribution in [1.29, 1.82) is 0 Å². The Bertz CT molecular complexity index is 509. The molecule has 0 fully saturated rings. The second kappa shape index (κ2) is 6.61. The standard InChI is InChI=1S/C16H23NO4/c1-10-7-12(8-11(2)14(10)20-6)13(9-18)17-15(19)21-16(3,4)5/h7-9,13H,1-6H3,(H,17,19). The fourth-order valence-corrected chi connectivity index (χ4v) is 2.12. The molecule has 0 aliphatic rings. The third-order valence-electron chi connectivity index (χ3n) is 2.85. The largest absolute Gasteiger partial charge is 0.496 e. The Morgan fingerprint density at radius 1 is 1.24 bits per heavy atom. The predicted molar refractivity (Wildman–Crippen MR) is 80.6 cm³/mol. The molecule has 1 N–H and O–H groups in total. The first-order valence-electron chi connectivity index (χ1n) is 6.78. The summed E-state index contributed by atoms with van der Waals surface area (Å²) < 4.78 is 10.5. The summed E-state index contributed by atoms with van der Waals surface area (Å²) in [4.78, 5) is 23.1. The summed E-state index contributed by atoms with van der Waals surface area (Å²) in [6.07, 6.45) is 0.0654. The Hall–Kier alpha value is -2.04. The summed E-state index contributed by atoms with van der Waals surface area (Å²) >= 11 is 0. The van der Waals surface area contributed by atoms with Crippen LogP contribution < -0.4 is 10.1 Å². The first-order valence-corrected chi connectivity index (χ1v) is 6.78. The smallest absolute Gasteiger partial charge is 0.408 e. The van der Waals surface area contributed by atoms with E-state index >= 15 is 0 Å². The molecule has 1 unspecified atom stereocenters. The minimum atomic E-state index is -0.747. The average molecular weight is 293 g/mol. The van der Waals surface area contributed by atoms with Gasteiger partial charge in [-0.05, 0) is 63.4 Å². The molecule has 1 aromatic carbocycles. The van der Waals surface area contributed by atoms with Crippen LogP contribution in [0.4, 0.5) is 4.79 Å². The van der Waals surface area contributed by atoms with Gasteiger partial charge in [-0.2, -0.15) is 0 Å². The van der Waals surface area contributed by atoms with Crippen LogP contribution in [-0.4, -0.2) is 25.1 Å². The highest BCUT2D eigenvalue weighted by Gasteiger charge is 2.21. The van der Waals surface area contributed by atoms with Crippen molar-refractivity contribution in [1.82, 2.24) is 5.32 Å². The molecule has 0 aliphatic heterocycles. The van der Waals surface area contributed by atoms with E-state index in [0.29, 0.717) is 11.8 Å². The lowest BCUT2D eigenvalue weighted by Gasteiger charge is -2.22. The molecule has 0 spiro atoms. The number of methoxy groups -OCH3 is 1. The third-order valence-corrected chi connectivity index (χ3v) is 2.85. The van der Waals surface area contributed by atoms with Gasteiger partial charge in [0.25, 0.3) is 0 Å². The first kappa shape index (κ1) is 17.0. The van der Waals surface area contributed by atoms with Crippen molar-refractivity contribution < 1.29 is 19.1 Å². The highest BCUT2D eigenvalue weighted by molar-refractivity contribution is 5.75. The van der Waals surface area contributed by atoms with E-state index in [9.17, 15) is 9.59 Å². The number of carbonyl (C=O) groups is 2. The van der Waals surface area contributed by atoms with Crippen molar-refractivity contribution in [3.05, 3.63) is 28.8 Å². The monoisotopic (exact) mass is 293 g/mol. The summed E-state index contributed by atoms with van der Waals surface area (Å²) in [7, 11) is 1.60. The zero-order valence-corrected chi connectivity index (χ0v) is 13.4. The molecule has 1 amide bonds. The molecule has 0 saturated carbocycles. The molecular formula is C16H23NO4.